The lowest BCUT2D eigenvalue weighted by molar-refractivity contribution is 0.0664. The third-order valence-corrected chi connectivity index (χ3v) is 6.14. The Balaban J connectivity index is 1.52. The molecule has 1 aromatic carbocycles. The van der Waals surface area contributed by atoms with E-state index in [1.54, 1.807) is 17.2 Å². The lowest BCUT2D eigenvalue weighted by atomic mass is 9.97. The minimum Gasteiger partial charge on any atom is -0.474 e. The maximum atomic E-state index is 13.2. The number of nitrogens with one attached hydrogen (secondary N) is 2. The average molecular weight is 418 g/mol. The number of hydrogen-bond acceptors (Lipinski definition) is 5. The van der Waals surface area contributed by atoms with Crippen LogP contribution in [0.4, 0.5) is 5.69 Å². The lowest BCUT2D eigenvalue weighted by Crippen LogP contribution is -2.39. The van der Waals surface area contributed by atoms with E-state index in [1.165, 1.54) is 0 Å². The fraction of sp³-hybridized carbons (Fsp3) is 0.316. The number of benzene rings is 1. The number of hydrogen-bond donors (Lipinski definition) is 2. The third kappa shape index (κ3) is 2.61. The highest BCUT2D eigenvalue weighted by Crippen LogP contribution is 2.40. The molecule has 2 N–H and O–H groups in total. The van der Waals surface area contributed by atoms with E-state index in [4.69, 9.17) is 27.9 Å². The van der Waals surface area contributed by atoms with E-state index in [0.717, 1.165) is 22.2 Å². The summed E-state index contributed by atoms with van der Waals surface area (Å²) >= 11 is 12.5. The van der Waals surface area contributed by atoms with Gasteiger partial charge in [-0.15, -0.1) is 0 Å². The minimum atomic E-state index is -0.218. The predicted octanol–water partition coefficient (Wildman–Crippen LogP) is 3.83. The molecule has 28 heavy (non-hydrogen) atoms. The second-order valence-electron chi connectivity index (χ2n) is 6.91. The van der Waals surface area contributed by atoms with Crippen LogP contribution in [0.5, 0.6) is 5.88 Å². The first-order valence-electron chi connectivity index (χ1n) is 9.07. The Morgan fingerprint density at radius 3 is 3.07 bits per heavy atom. The molecule has 1 amide bonds. The van der Waals surface area contributed by atoms with Gasteiger partial charge in [0.15, 0.2) is 0 Å². The van der Waals surface area contributed by atoms with E-state index in [-0.39, 0.29) is 17.8 Å². The Morgan fingerprint density at radius 1 is 1.36 bits per heavy atom. The van der Waals surface area contributed by atoms with Gasteiger partial charge in [-0.3, -0.25) is 4.79 Å². The van der Waals surface area contributed by atoms with Crippen molar-refractivity contribution < 1.29 is 9.53 Å². The Labute approximate surface area is 171 Å². The quantitative estimate of drug-likeness (QED) is 0.628. The molecular weight excluding hydrogens is 401 g/mol. The van der Waals surface area contributed by atoms with Crippen LogP contribution < -0.4 is 10.1 Å². The molecule has 3 aromatic rings. The monoisotopic (exact) mass is 417 g/mol. The Bertz CT molecular complexity index is 1110. The van der Waals surface area contributed by atoms with Gasteiger partial charge in [0.25, 0.3) is 5.91 Å². The van der Waals surface area contributed by atoms with Crippen molar-refractivity contribution in [3.63, 3.8) is 0 Å². The molecule has 4 heterocycles. The van der Waals surface area contributed by atoms with Crippen molar-refractivity contribution in [1.82, 2.24) is 19.9 Å². The fourth-order valence-corrected chi connectivity index (χ4v) is 4.34. The molecule has 2 aromatic heterocycles. The van der Waals surface area contributed by atoms with Crippen LogP contribution in [0.3, 0.4) is 0 Å². The smallest absolute Gasteiger partial charge is 0.292 e. The number of amides is 1. The predicted molar refractivity (Wildman–Crippen MR) is 107 cm³/mol. The van der Waals surface area contributed by atoms with Gasteiger partial charge in [-0.25, -0.2) is 4.98 Å². The van der Waals surface area contributed by atoms with Gasteiger partial charge >= 0.3 is 0 Å². The first-order valence-corrected chi connectivity index (χ1v) is 9.83. The van der Waals surface area contributed by atoms with Gasteiger partial charge in [0.2, 0.25) is 11.7 Å². The number of H-pyrrole nitrogens is 1. The summed E-state index contributed by atoms with van der Waals surface area (Å²) in [6, 6.07) is 3.57. The largest absolute Gasteiger partial charge is 0.474 e. The molecule has 0 spiro atoms. The lowest BCUT2D eigenvalue weighted by Gasteiger charge is -2.33. The van der Waals surface area contributed by atoms with Crippen molar-refractivity contribution in [3.05, 3.63) is 45.5 Å². The molecule has 7 nitrogen and oxygen atoms in total. The number of carbonyl (C=O) groups is 1. The van der Waals surface area contributed by atoms with Crippen molar-refractivity contribution in [2.75, 3.05) is 25.0 Å². The zero-order valence-corrected chi connectivity index (χ0v) is 16.6. The molecule has 0 radical (unpaired) electrons. The van der Waals surface area contributed by atoms with Crippen LogP contribution in [0.15, 0.2) is 18.3 Å². The first-order chi connectivity index (χ1) is 13.5. The number of fused-ring (bicyclic) bond motifs is 4. The molecule has 0 fully saturated rings. The van der Waals surface area contributed by atoms with Crippen LogP contribution in [-0.4, -0.2) is 45.5 Å². The van der Waals surface area contributed by atoms with Crippen LogP contribution >= 0.6 is 23.2 Å². The SMILES string of the molecule is C[C@H]1c2c([nH]c3c(Cl)c(Cl)ccc23)CCN1C(=O)c1ncc2c(n1)OCCN2. The van der Waals surface area contributed by atoms with E-state index in [0.29, 0.717) is 47.7 Å². The second-order valence-corrected chi connectivity index (χ2v) is 7.70. The van der Waals surface area contributed by atoms with Crippen LogP contribution in [-0.2, 0) is 6.42 Å². The fourth-order valence-electron chi connectivity index (χ4n) is 3.97. The molecule has 0 saturated heterocycles. The summed E-state index contributed by atoms with van der Waals surface area (Å²) in [5, 5.41) is 5.14. The number of aromatic nitrogens is 3. The van der Waals surface area contributed by atoms with Crippen molar-refractivity contribution >= 4 is 45.7 Å². The molecule has 1 atom stereocenters. The van der Waals surface area contributed by atoms with E-state index >= 15 is 0 Å². The van der Waals surface area contributed by atoms with Crippen LogP contribution in [0.1, 0.15) is 34.8 Å². The number of ether oxygens (including phenoxy) is 1. The number of rotatable bonds is 1. The van der Waals surface area contributed by atoms with Gasteiger partial charge in [0, 0.05) is 36.2 Å². The third-order valence-electron chi connectivity index (χ3n) is 5.34. The summed E-state index contributed by atoms with van der Waals surface area (Å²) in [5.41, 5.74) is 3.66. The second kappa shape index (κ2) is 6.53. The van der Waals surface area contributed by atoms with Gasteiger partial charge in [-0.05, 0) is 13.0 Å². The van der Waals surface area contributed by atoms with Crippen molar-refractivity contribution in [2.45, 2.75) is 19.4 Å². The normalized spacial score (nSPS) is 18.2. The maximum absolute atomic E-state index is 13.2. The molecule has 9 heteroatoms. The summed E-state index contributed by atoms with van der Waals surface area (Å²) < 4.78 is 5.54. The molecule has 0 saturated carbocycles. The van der Waals surface area contributed by atoms with Crippen molar-refractivity contribution in [1.29, 1.82) is 0 Å². The molecule has 0 aliphatic carbocycles. The van der Waals surface area contributed by atoms with Crippen molar-refractivity contribution in [3.8, 4) is 5.88 Å². The van der Waals surface area contributed by atoms with Gasteiger partial charge in [0.1, 0.15) is 12.3 Å². The van der Waals surface area contributed by atoms with Crippen LogP contribution in [0, 0.1) is 0 Å². The minimum absolute atomic E-state index is 0.138. The standard InChI is InChI=1S/C19H17Cl2N5O2/c1-9-14-10-2-3-11(20)15(21)16(10)24-12(14)4-6-26(9)19(27)17-23-8-13-18(25-17)28-7-5-22-13/h2-3,8-9,22,24H,4-7H2,1H3/t9-/m0/s1. The summed E-state index contributed by atoms with van der Waals surface area (Å²) in [6.45, 7) is 3.77. The summed E-state index contributed by atoms with van der Waals surface area (Å²) in [6.07, 6.45) is 2.29. The van der Waals surface area contributed by atoms with E-state index in [2.05, 4.69) is 20.3 Å². The van der Waals surface area contributed by atoms with Gasteiger partial charge < -0.3 is 19.9 Å². The first kappa shape index (κ1) is 17.6. The summed E-state index contributed by atoms with van der Waals surface area (Å²) in [7, 11) is 0. The number of anilines is 1. The highest BCUT2D eigenvalue weighted by Gasteiger charge is 2.33. The molecule has 0 bridgehead atoms. The van der Waals surface area contributed by atoms with Crippen LogP contribution in [0.2, 0.25) is 10.0 Å². The number of aromatic amines is 1. The zero-order chi connectivity index (χ0) is 19.4. The van der Waals surface area contributed by atoms with Gasteiger partial charge in [-0.2, -0.15) is 4.98 Å². The van der Waals surface area contributed by atoms with E-state index < -0.39 is 0 Å². The van der Waals surface area contributed by atoms with Crippen molar-refractivity contribution in [2.24, 2.45) is 0 Å². The van der Waals surface area contributed by atoms with Crippen LogP contribution in [0.25, 0.3) is 10.9 Å². The molecular formula is C19H17Cl2N5O2. The number of halogens is 2. The topological polar surface area (TPSA) is 83.1 Å². The Hall–Kier alpha value is -2.51. The number of carbonyl (C=O) groups excluding carboxylic acids is 1. The molecule has 5 rings (SSSR count). The Kier molecular flexibility index (Phi) is 4.10. The molecule has 2 aliphatic rings. The number of nitrogens with zero attached hydrogens (tertiary/aromatic N) is 3. The summed E-state index contributed by atoms with van der Waals surface area (Å²) in [4.78, 5) is 26.9. The van der Waals surface area contributed by atoms with E-state index in [1.807, 2.05) is 13.0 Å². The molecule has 2 aliphatic heterocycles. The van der Waals surface area contributed by atoms with Gasteiger partial charge in [0.05, 0.1) is 27.8 Å². The van der Waals surface area contributed by atoms with Gasteiger partial charge in [-0.1, -0.05) is 29.3 Å². The maximum Gasteiger partial charge on any atom is 0.292 e. The zero-order valence-electron chi connectivity index (χ0n) is 15.1. The average Bonchev–Trinajstić information content (AvgIpc) is 3.10. The summed E-state index contributed by atoms with van der Waals surface area (Å²) in [5.74, 6) is 0.340. The van der Waals surface area contributed by atoms with E-state index in [9.17, 15) is 4.79 Å². The molecule has 0 unspecified atom stereocenters. The molecule has 144 valence electrons. The Morgan fingerprint density at radius 2 is 2.21 bits per heavy atom. The highest BCUT2D eigenvalue weighted by atomic mass is 35.5. The highest BCUT2D eigenvalue weighted by molar-refractivity contribution is 6.45.